The zero-order valence-electron chi connectivity index (χ0n) is 15.7. The van der Waals surface area contributed by atoms with Crippen molar-refractivity contribution in [3.63, 3.8) is 0 Å². The number of aromatic nitrogens is 2. The van der Waals surface area contributed by atoms with Gasteiger partial charge >= 0.3 is 0 Å². The number of fused-ring (bicyclic) bond motifs is 2. The molecule has 1 aromatic carbocycles. The molecule has 27 heavy (non-hydrogen) atoms. The molecule has 2 aliphatic heterocycles. The highest BCUT2D eigenvalue weighted by molar-refractivity contribution is 5.81. The Bertz CT molecular complexity index is 880. The van der Waals surface area contributed by atoms with Crippen molar-refractivity contribution in [2.45, 2.75) is 37.8 Å². The molecule has 1 amide bonds. The number of nitrogens with zero attached hydrogens (tertiary/aromatic N) is 4. The number of carbonyl (C=O) groups is 1. The number of halogens is 1. The Morgan fingerprint density at radius 2 is 1.96 bits per heavy atom. The summed E-state index contributed by atoms with van der Waals surface area (Å²) in [7, 11) is 2.17. The van der Waals surface area contributed by atoms with Crippen LogP contribution >= 0.6 is 0 Å². The highest BCUT2D eigenvalue weighted by atomic mass is 19.1. The highest BCUT2D eigenvalue weighted by Gasteiger charge is 2.47. The van der Waals surface area contributed by atoms with Crippen molar-refractivity contribution < 1.29 is 9.18 Å². The van der Waals surface area contributed by atoms with E-state index in [-0.39, 0.29) is 17.3 Å². The van der Waals surface area contributed by atoms with Crippen LogP contribution in [0.2, 0.25) is 0 Å². The minimum atomic E-state index is -0.224. The summed E-state index contributed by atoms with van der Waals surface area (Å²) in [6.45, 7) is 3.37. The number of likely N-dealkylation sites (N-methyl/N-ethyl adjacent to an activating group) is 1. The van der Waals surface area contributed by atoms with Crippen molar-refractivity contribution in [1.29, 1.82) is 0 Å². The summed E-state index contributed by atoms with van der Waals surface area (Å²) in [5.74, 6) is 1.46. The third-order valence-corrected chi connectivity index (χ3v) is 6.61. The molecular weight excluding hydrogens is 343 g/mol. The Balaban J connectivity index is 1.46. The van der Waals surface area contributed by atoms with Gasteiger partial charge in [-0.1, -0.05) is 12.1 Å². The van der Waals surface area contributed by atoms with Gasteiger partial charge in [0.25, 0.3) is 0 Å². The molecule has 0 radical (unpaired) electrons. The summed E-state index contributed by atoms with van der Waals surface area (Å²) in [4.78, 5) is 21.7. The maximum Gasteiger partial charge on any atom is 0.225 e. The van der Waals surface area contributed by atoms with Gasteiger partial charge in [-0.3, -0.25) is 9.69 Å². The van der Waals surface area contributed by atoms with E-state index in [0.717, 1.165) is 68.9 Å². The molecule has 5 rings (SSSR count). The second-order valence-electron chi connectivity index (χ2n) is 8.18. The van der Waals surface area contributed by atoms with Crippen LogP contribution in [-0.4, -0.2) is 51.9 Å². The van der Waals surface area contributed by atoms with E-state index in [0.29, 0.717) is 5.91 Å². The molecule has 0 N–H and O–H groups in total. The molecule has 0 unspecified atom stereocenters. The van der Waals surface area contributed by atoms with Crippen molar-refractivity contribution in [3.8, 4) is 11.3 Å². The van der Waals surface area contributed by atoms with Crippen LogP contribution < -0.4 is 0 Å². The van der Waals surface area contributed by atoms with Crippen LogP contribution in [0.4, 0.5) is 4.39 Å². The monoisotopic (exact) mass is 368 g/mol. The number of benzene rings is 1. The van der Waals surface area contributed by atoms with Crippen LogP contribution in [0, 0.1) is 11.7 Å². The van der Waals surface area contributed by atoms with Gasteiger partial charge in [-0.25, -0.2) is 9.37 Å². The number of amides is 1. The van der Waals surface area contributed by atoms with Crippen LogP contribution in [-0.2, 0) is 16.9 Å². The van der Waals surface area contributed by atoms with Gasteiger partial charge in [-0.2, -0.15) is 0 Å². The average Bonchev–Trinajstić information content (AvgIpc) is 3.44. The smallest absolute Gasteiger partial charge is 0.225 e. The largest absolute Gasteiger partial charge is 0.342 e. The molecule has 3 aliphatic rings. The van der Waals surface area contributed by atoms with Crippen molar-refractivity contribution in [3.05, 3.63) is 42.1 Å². The van der Waals surface area contributed by atoms with Crippen LogP contribution in [0.5, 0.6) is 0 Å². The van der Waals surface area contributed by atoms with E-state index in [1.54, 1.807) is 12.1 Å². The Hall–Kier alpha value is -2.21. The molecule has 1 aromatic heterocycles. The van der Waals surface area contributed by atoms with Gasteiger partial charge in [-0.15, -0.1) is 0 Å². The number of imidazole rings is 1. The number of piperidine rings is 1. The van der Waals surface area contributed by atoms with Crippen molar-refractivity contribution >= 4 is 5.91 Å². The minimum absolute atomic E-state index is 0.135. The van der Waals surface area contributed by atoms with Gasteiger partial charge in [-0.05, 0) is 44.9 Å². The van der Waals surface area contributed by atoms with Gasteiger partial charge < -0.3 is 9.47 Å². The third-order valence-electron chi connectivity index (χ3n) is 6.61. The standard InChI is InChI=1S/C21H25FN4O/c1-24-11-12-26-18(16-3-2-4-17(22)13-16)14-23-20(26)21(24)7-9-25(10-8-21)19(27)15-5-6-15/h2-4,13-15H,5-12H2,1H3. The van der Waals surface area contributed by atoms with Gasteiger partial charge in [0.1, 0.15) is 11.6 Å². The lowest BCUT2D eigenvalue weighted by Gasteiger charge is -2.49. The third kappa shape index (κ3) is 2.69. The van der Waals surface area contributed by atoms with E-state index in [4.69, 9.17) is 4.98 Å². The first-order valence-corrected chi connectivity index (χ1v) is 9.90. The van der Waals surface area contributed by atoms with E-state index in [9.17, 15) is 9.18 Å². The lowest BCUT2D eigenvalue weighted by atomic mass is 9.83. The first-order chi connectivity index (χ1) is 13.1. The van der Waals surface area contributed by atoms with Crippen molar-refractivity contribution in [2.75, 3.05) is 26.7 Å². The molecule has 1 spiro atoms. The predicted octanol–water partition coefficient (Wildman–Crippen LogP) is 2.86. The Morgan fingerprint density at radius 1 is 1.19 bits per heavy atom. The van der Waals surface area contributed by atoms with Crippen LogP contribution in [0.1, 0.15) is 31.5 Å². The molecule has 3 heterocycles. The number of hydrogen-bond acceptors (Lipinski definition) is 3. The lowest BCUT2D eigenvalue weighted by Crippen LogP contribution is -2.57. The number of hydrogen-bond donors (Lipinski definition) is 0. The summed E-state index contributed by atoms with van der Waals surface area (Å²) in [6.07, 6.45) is 5.80. The van der Waals surface area contributed by atoms with E-state index >= 15 is 0 Å². The zero-order valence-corrected chi connectivity index (χ0v) is 15.7. The van der Waals surface area contributed by atoms with Crippen molar-refractivity contribution in [1.82, 2.24) is 19.4 Å². The van der Waals surface area contributed by atoms with Gasteiger partial charge in [0.2, 0.25) is 5.91 Å². The molecule has 0 bridgehead atoms. The molecular formula is C21H25FN4O. The Morgan fingerprint density at radius 3 is 2.67 bits per heavy atom. The minimum Gasteiger partial charge on any atom is -0.342 e. The van der Waals surface area contributed by atoms with E-state index in [1.165, 1.54) is 6.07 Å². The molecule has 1 saturated carbocycles. The van der Waals surface area contributed by atoms with Gasteiger partial charge in [0.05, 0.1) is 17.4 Å². The van der Waals surface area contributed by atoms with E-state index < -0.39 is 0 Å². The first kappa shape index (κ1) is 16.9. The summed E-state index contributed by atoms with van der Waals surface area (Å²) in [6, 6.07) is 6.73. The molecule has 2 fully saturated rings. The van der Waals surface area contributed by atoms with E-state index in [1.807, 2.05) is 17.2 Å². The topological polar surface area (TPSA) is 41.4 Å². The fraction of sp³-hybridized carbons (Fsp3) is 0.524. The second-order valence-corrected chi connectivity index (χ2v) is 8.18. The summed E-state index contributed by atoms with van der Waals surface area (Å²) >= 11 is 0. The second kappa shape index (κ2) is 6.16. The highest BCUT2D eigenvalue weighted by Crippen LogP contribution is 2.42. The fourth-order valence-corrected chi connectivity index (χ4v) is 4.78. The maximum atomic E-state index is 13.7. The molecule has 6 heteroatoms. The quantitative estimate of drug-likeness (QED) is 0.819. The molecule has 142 valence electrons. The molecule has 5 nitrogen and oxygen atoms in total. The normalized spacial score (nSPS) is 22.1. The zero-order chi connectivity index (χ0) is 18.6. The molecule has 0 atom stereocenters. The molecule has 1 saturated heterocycles. The van der Waals surface area contributed by atoms with Crippen molar-refractivity contribution in [2.24, 2.45) is 5.92 Å². The number of carbonyl (C=O) groups excluding carboxylic acids is 1. The lowest BCUT2D eigenvalue weighted by molar-refractivity contribution is -0.135. The summed E-state index contributed by atoms with van der Waals surface area (Å²) in [5.41, 5.74) is 1.72. The molecule has 2 aromatic rings. The van der Waals surface area contributed by atoms with Gasteiger partial charge in [0, 0.05) is 37.7 Å². The maximum absolute atomic E-state index is 13.7. The Labute approximate surface area is 158 Å². The predicted molar refractivity (Wildman–Crippen MR) is 100 cm³/mol. The van der Waals surface area contributed by atoms with Crippen LogP contribution in [0.15, 0.2) is 30.5 Å². The van der Waals surface area contributed by atoms with Crippen LogP contribution in [0.25, 0.3) is 11.3 Å². The van der Waals surface area contributed by atoms with Crippen LogP contribution in [0.3, 0.4) is 0 Å². The average molecular weight is 368 g/mol. The molecule has 1 aliphatic carbocycles. The number of likely N-dealkylation sites (tertiary alicyclic amines) is 1. The van der Waals surface area contributed by atoms with Gasteiger partial charge in [0.15, 0.2) is 0 Å². The summed E-state index contributed by atoms with van der Waals surface area (Å²) in [5, 5.41) is 0. The Kier molecular flexibility index (Phi) is 3.86. The fourth-order valence-electron chi connectivity index (χ4n) is 4.78. The first-order valence-electron chi connectivity index (χ1n) is 9.90. The van der Waals surface area contributed by atoms with E-state index in [2.05, 4.69) is 16.5 Å². The SMILES string of the molecule is CN1CCn2c(-c3cccc(F)c3)cnc2C12CCN(C(=O)C1CC1)CC2. The summed E-state index contributed by atoms with van der Waals surface area (Å²) < 4.78 is 16.0. The number of rotatable bonds is 2.